The van der Waals surface area contributed by atoms with Gasteiger partial charge in [-0.25, -0.2) is 13.2 Å². The van der Waals surface area contributed by atoms with Crippen molar-refractivity contribution in [3.8, 4) is 0 Å². The van der Waals surface area contributed by atoms with Crippen LogP contribution in [0.25, 0.3) is 0 Å². The summed E-state index contributed by atoms with van der Waals surface area (Å²) in [6.07, 6.45) is 1.67. The lowest BCUT2D eigenvalue weighted by Gasteiger charge is -2.25. The van der Waals surface area contributed by atoms with E-state index in [1.54, 1.807) is 18.2 Å². The van der Waals surface area contributed by atoms with Crippen LogP contribution in [0.15, 0.2) is 84.6 Å². The van der Waals surface area contributed by atoms with Gasteiger partial charge in [0.25, 0.3) is 5.91 Å². The lowest BCUT2D eigenvalue weighted by Crippen LogP contribution is -2.30. The Bertz CT molecular complexity index is 1050. The molecule has 140 valence electrons. The fourth-order valence-electron chi connectivity index (χ4n) is 3.16. The zero-order chi connectivity index (χ0) is 19.7. The molecular weight excluding hydrogens is 365 g/mol. The lowest BCUT2D eigenvalue weighted by atomic mass is 10.1. The van der Waals surface area contributed by atoms with Gasteiger partial charge in [0.15, 0.2) is 0 Å². The van der Waals surface area contributed by atoms with Gasteiger partial charge < -0.3 is 5.32 Å². The van der Waals surface area contributed by atoms with Gasteiger partial charge in [-0.05, 0) is 72.3 Å². The van der Waals surface area contributed by atoms with Crippen LogP contribution in [-0.4, -0.2) is 5.91 Å². The highest BCUT2D eigenvalue weighted by Gasteiger charge is 2.35. The molecule has 28 heavy (non-hydrogen) atoms. The second kappa shape index (κ2) is 7.23. The summed E-state index contributed by atoms with van der Waals surface area (Å²) in [6, 6.07) is 16.5. The van der Waals surface area contributed by atoms with E-state index in [0.717, 1.165) is 0 Å². The summed E-state index contributed by atoms with van der Waals surface area (Å²) in [7, 11) is 0. The van der Waals surface area contributed by atoms with E-state index >= 15 is 0 Å². The van der Waals surface area contributed by atoms with E-state index in [2.05, 4.69) is 5.32 Å². The van der Waals surface area contributed by atoms with Crippen LogP contribution in [0.5, 0.6) is 0 Å². The maximum absolute atomic E-state index is 13.8. The average molecular weight is 380 g/mol. The van der Waals surface area contributed by atoms with Crippen LogP contribution < -0.4 is 10.2 Å². The highest BCUT2D eigenvalue weighted by molar-refractivity contribution is 6.11. The molecule has 1 amide bonds. The van der Waals surface area contributed by atoms with Crippen LogP contribution in [-0.2, 0) is 4.79 Å². The van der Waals surface area contributed by atoms with E-state index in [9.17, 15) is 18.0 Å². The molecule has 0 aromatic heterocycles. The molecule has 0 saturated heterocycles. The van der Waals surface area contributed by atoms with Crippen LogP contribution >= 0.6 is 0 Å². The number of carbonyl (C=O) groups excluding carboxylic acids is 1. The third-order valence-corrected chi connectivity index (χ3v) is 4.47. The highest BCUT2D eigenvalue weighted by Crippen LogP contribution is 2.36. The summed E-state index contributed by atoms with van der Waals surface area (Å²) in [6.45, 7) is 0. The first-order valence-electron chi connectivity index (χ1n) is 8.60. The predicted octanol–water partition coefficient (Wildman–Crippen LogP) is 5.19. The smallest absolute Gasteiger partial charge is 0.275 e. The van der Waals surface area contributed by atoms with Crippen molar-refractivity contribution >= 4 is 17.3 Å². The normalized spacial score (nSPS) is 16.2. The molecule has 0 spiro atoms. The molecular formula is C22H15F3N2O. The van der Waals surface area contributed by atoms with Crippen molar-refractivity contribution in [2.75, 3.05) is 10.2 Å². The van der Waals surface area contributed by atoms with Gasteiger partial charge in [-0.3, -0.25) is 9.69 Å². The van der Waals surface area contributed by atoms with Gasteiger partial charge in [-0.15, -0.1) is 0 Å². The quantitative estimate of drug-likeness (QED) is 0.676. The van der Waals surface area contributed by atoms with Crippen molar-refractivity contribution in [3.63, 3.8) is 0 Å². The summed E-state index contributed by atoms with van der Waals surface area (Å²) in [5.74, 6) is -1.58. The Morgan fingerprint density at radius 3 is 2.07 bits per heavy atom. The molecule has 1 aliphatic rings. The summed E-state index contributed by atoms with van der Waals surface area (Å²) in [4.78, 5) is 14.5. The number of benzene rings is 3. The third kappa shape index (κ3) is 3.49. The summed E-state index contributed by atoms with van der Waals surface area (Å²) >= 11 is 0. The molecule has 4 rings (SSSR count). The Hall–Kier alpha value is -3.54. The number of halogens is 3. The number of nitrogens with zero attached hydrogens (tertiary/aromatic N) is 1. The molecule has 0 saturated carbocycles. The lowest BCUT2D eigenvalue weighted by molar-refractivity contribution is -0.114. The van der Waals surface area contributed by atoms with Gasteiger partial charge in [0.2, 0.25) is 0 Å². The Balaban J connectivity index is 1.73. The second-order valence-electron chi connectivity index (χ2n) is 6.36. The fourth-order valence-corrected chi connectivity index (χ4v) is 3.16. The summed E-state index contributed by atoms with van der Waals surface area (Å²) in [5, 5.41) is 2.98. The Kier molecular flexibility index (Phi) is 4.61. The number of anilines is 2. The molecule has 6 heteroatoms. The maximum Gasteiger partial charge on any atom is 0.275 e. The summed E-state index contributed by atoms with van der Waals surface area (Å²) in [5.41, 5.74) is 1.87. The van der Waals surface area contributed by atoms with Crippen LogP contribution in [0.1, 0.15) is 11.6 Å². The standard InChI is InChI=1S/C22H15F3N2O/c23-15-4-8-18(9-5-15)26-20-13-21(14-2-1-3-17(25)12-14)27(22(20)28)19-10-6-16(24)7-11-19/h1-13,21,26H/t21-/m1/s1. The predicted molar refractivity (Wildman–Crippen MR) is 101 cm³/mol. The first-order chi connectivity index (χ1) is 13.5. The molecule has 3 aromatic rings. The fraction of sp³-hybridized carbons (Fsp3) is 0.0455. The summed E-state index contributed by atoms with van der Waals surface area (Å²) < 4.78 is 40.2. The SMILES string of the molecule is O=C1C(Nc2ccc(F)cc2)=C[C@H](c2cccc(F)c2)N1c1ccc(F)cc1. The molecule has 3 aromatic carbocycles. The minimum absolute atomic E-state index is 0.269. The van der Waals surface area contributed by atoms with Crippen molar-refractivity contribution in [1.82, 2.24) is 0 Å². The molecule has 3 nitrogen and oxygen atoms in total. The number of hydrogen-bond acceptors (Lipinski definition) is 2. The van der Waals surface area contributed by atoms with Crippen molar-refractivity contribution < 1.29 is 18.0 Å². The van der Waals surface area contributed by atoms with Crippen LogP contribution in [0.4, 0.5) is 24.5 Å². The van der Waals surface area contributed by atoms with E-state index in [1.165, 1.54) is 65.6 Å². The Morgan fingerprint density at radius 1 is 0.786 bits per heavy atom. The van der Waals surface area contributed by atoms with Crippen molar-refractivity contribution in [1.29, 1.82) is 0 Å². The number of hydrogen-bond donors (Lipinski definition) is 1. The Labute approximate surface area is 159 Å². The molecule has 0 aliphatic carbocycles. The van der Waals surface area contributed by atoms with Crippen molar-refractivity contribution in [2.45, 2.75) is 6.04 Å². The van der Waals surface area contributed by atoms with Gasteiger partial charge in [0.1, 0.15) is 23.1 Å². The third-order valence-electron chi connectivity index (χ3n) is 4.47. The van der Waals surface area contributed by atoms with E-state index in [1.807, 2.05) is 0 Å². The van der Waals surface area contributed by atoms with Gasteiger partial charge in [0.05, 0.1) is 6.04 Å². The van der Waals surface area contributed by atoms with Gasteiger partial charge in [-0.2, -0.15) is 0 Å². The van der Waals surface area contributed by atoms with E-state index in [0.29, 0.717) is 16.9 Å². The van der Waals surface area contributed by atoms with Gasteiger partial charge >= 0.3 is 0 Å². The number of amides is 1. The van der Waals surface area contributed by atoms with Crippen molar-refractivity contribution in [3.05, 3.63) is 108 Å². The molecule has 0 unspecified atom stereocenters. The minimum Gasteiger partial charge on any atom is -0.351 e. The zero-order valence-corrected chi connectivity index (χ0v) is 14.6. The topological polar surface area (TPSA) is 32.3 Å². The maximum atomic E-state index is 13.8. The first-order valence-corrected chi connectivity index (χ1v) is 8.60. The minimum atomic E-state index is -0.573. The highest BCUT2D eigenvalue weighted by atomic mass is 19.1. The first kappa shape index (κ1) is 17.9. The number of nitrogens with one attached hydrogen (secondary N) is 1. The van der Waals surface area contributed by atoms with Gasteiger partial charge in [0, 0.05) is 11.4 Å². The van der Waals surface area contributed by atoms with E-state index < -0.39 is 17.7 Å². The largest absolute Gasteiger partial charge is 0.351 e. The monoisotopic (exact) mass is 380 g/mol. The zero-order valence-electron chi connectivity index (χ0n) is 14.6. The van der Waals surface area contributed by atoms with Crippen LogP contribution in [0.2, 0.25) is 0 Å². The molecule has 0 bridgehead atoms. The van der Waals surface area contributed by atoms with Crippen LogP contribution in [0, 0.1) is 17.5 Å². The van der Waals surface area contributed by atoms with Crippen LogP contribution in [0.3, 0.4) is 0 Å². The second-order valence-corrected chi connectivity index (χ2v) is 6.36. The van der Waals surface area contributed by atoms with Crippen molar-refractivity contribution in [2.24, 2.45) is 0 Å². The molecule has 1 heterocycles. The van der Waals surface area contributed by atoms with Gasteiger partial charge in [-0.1, -0.05) is 12.1 Å². The molecule has 0 radical (unpaired) electrons. The molecule has 1 aliphatic heterocycles. The molecule has 1 atom stereocenters. The van der Waals surface area contributed by atoms with E-state index in [-0.39, 0.29) is 17.4 Å². The Morgan fingerprint density at radius 2 is 1.43 bits per heavy atom. The van der Waals surface area contributed by atoms with E-state index in [4.69, 9.17) is 0 Å². The average Bonchev–Trinajstić information content (AvgIpc) is 3.01. The number of rotatable bonds is 4. The molecule has 0 fully saturated rings. The molecule has 1 N–H and O–H groups in total. The number of carbonyl (C=O) groups is 1.